The van der Waals surface area contributed by atoms with Gasteiger partial charge in [-0.1, -0.05) is 135 Å². The van der Waals surface area contributed by atoms with E-state index in [2.05, 4.69) is 69.3 Å². The van der Waals surface area contributed by atoms with Crippen LogP contribution in [0.25, 0.3) is 0 Å². The molecular weight excluding hydrogens is 531 g/mol. The van der Waals surface area contributed by atoms with Crippen LogP contribution in [0.1, 0.15) is 147 Å². The summed E-state index contributed by atoms with van der Waals surface area (Å²) in [5.41, 5.74) is 6.02. The Bertz CT molecular complexity index is 933. The Kier molecular flexibility index (Phi) is 22.7. The van der Waals surface area contributed by atoms with Crippen molar-refractivity contribution in [2.75, 3.05) is 0 Å². The first-order chi connectivity index (χ1) is 19.2. The van der Waals surface area contributed by atoms with Crippen LogP contribution in [0.5, 0.6) is 0 Å². The van der Waals surface area contributed by atoms with Gasteiger partial charge >= 0.3 is 0 Å². The molecule has 0 saturated carbocycles. The van der Waals surface area contributed by atoms with Crippen LogP contribution in [0.15, 0.2) is 58.5 Å². The van der Waals surface area contributed by atoms with Crippen LogP contribution in [0.4, 0.5) is 11.4 Å². The number of rotatable bonds is 23. The molecule has 40 heavy (non-hydrogen) atoms. The number of nitrogens with zero attached hydrogens (tertiary/aromatic N) is 2. The summed E-state index contributed by atoms with van der Waals surface area (Å²) < 4.78 is 0. The van der Waals surface area contributed by atoms with Gasteiger partial charge in [-0.05, 0) is 73.9 Å². The first-order valence-corrected chi connectivity index (χ1v) is 16.5. The Morgan fingerprint density at radius 2 is 1.00 bits per heavy atom. The minimum absolute atomic E-state index is 0. The second-order valence-corrected chi connectivity index (χ2v) is 11.4. The molecule has 0 aliphatic carbocycles. The van der Waals surface area contributed by atoms with Crippen molar-refractivity contribution in [1.29, 1.82) is 0 Å². The second-order valence-electron chi connectivity index (χ2n) is 11.4. The Hall–Kier alpha value is -1.73. The predicted octanol–water partition coefficient (Wildman–Crippen LogP) is 12.3. The van der Waals surface area contributed by atoms with E-state index in [-0.39, 0.29) is 16.5 Å². The van der Waals surface area contributed by atoms with E-state index in [1.165, 1.54) is 114 Å². The molecule has 2 rings (SSSR count). The summed E-state index contributed by atoms with van der Waals surface area (Å²) in [5.74, 6) is 0. The maximum atomic E-state index is 5.07. The van der Waals surface area contributed by atoms with Gasteiger partial charge in [-0.25, -0.2) is 0 Å². The first-order valence-electron chi connectivity index (χ1n) is 16.5. The van der Waals surface area contributed by atoms with E-state index >= 15 is 0 Å². The van der Waals surface area contributed by atoms with Gasteiger partial charge in [-0.15, -0.1) is 0 Å². The standard InChI is InChI=1S/C37H58N2.Ni/c1-4-7-10-12-14-16-19-23-33-25-21-28-35(30-33)38-32-37(27-18-9-6-3)39-36-29-22-26-34(31-36)24-20-17-15-13-11-8-5-2;/h21-22,25-26,28-32H,4-20,23-24,27H2,1-3H3;. The number of aryl methyl sites for hydroxylation is 2. The maximum Gasteiger partial charge on any atom is 0.0636 e. The third-order valence-corrected chi connectivity index (χ3v) is 7.63. The minimum Gasteiger partial charge on any atom is -0.255 e. The van der Waals surface area contributed by atoms with Crippen LogP contribution >= 0.6 is 0 Å². The van der Waals surface area contributed by atoms with Crippen LogP contribution in [0.3, 0.4) is 0 Å². The van der Waals surface area contributed by atoms with E-state index in [1.54, 1.807) is 0 Å². The zero-order chi connectivity index (χ0) is 27.8. The Labute approximate surface area is 257 Å². The minimum atomic E-state index is 0. The van der Waals surface area contributed by atoms with Gasteiger partial charge < -0.3 is 0 Å². The van der Waals surface area contributed by atoms with E-state index in [0.29, 0.717) is 0 Å². The van der Waals surface area contributed by atoms with Crippen LogP contribution < -0.4 is 0 Å². The van der Waals surface area contributed by atoms with E-state index in [1.807, 2.05) is 6.21 Å². The van der Waals surface area contributed by atoms with Gasteiger partial charge in [-0.2, -0.15) is 0 Å². The molecule has 0 saturated heterocycles. The van der Waals surface area contributed by atoms with E-state index < -0.39 is 0 Å². The van der Waals surface area contributed by atoms with Crippen LogP contribution in [-0.4, -0.2) is 11.9 Å². The van der Waals surface area contributed by atoms with Gasteiger partial charge in [0.2, 0.25) is 0 Å². The van der Waals surface area contributed by atoms with Crippen molar-refractivity contribution in [3.8, 4) is 0 Å². The molecule has 2 aromatic rings. The van der Waals surface area contributed by atoms with Crippen LogP contribution in [0, 0.1) is 0 Å². The largest absolute Gasteiger partial charge is 0.255 e. The molecule has 0 heterocycles. The summed E-state index contributed by atoms with van der Waals surface area (Å²) in [6.07, 6.45) is 27.9. The quantitative estimate of drug-likeness (QED) is 0.0700. The molecule has 226 valence electrons. The average molecular weight is 590 g/mol. The fraction of sp³-hybridized carbons (Fsp3) is 0.622. The number of hydrogen-bond acceptors (Lipinski definition) is 2. The number of benzene rings is 2. The van der Waals surface area contributed by atoms with Crippen molar-refractivity contribution in [1.82, 2.24) is 0 Å². The SMILES string of the molecule is CCCCCCCCCc1cccc(N=CC(CCCCC)=Nc2cccc(CCCCCCCCC)c2)c1.[Ni]. The summed E-state index contributed by atoms with van der Waals surface area (Å²) in [5, 5.41) is 0. The molecule has 3 heteroatoms. The second kappa shape index (κ2) is 25.0. The zero-order valence-electron chi connectivity index (χ0n) is 26.0. The smallest absolute Gasteiger partial charge is 0.0636 e. The summed E-state index contributed by atoms with van der Waals surface area (Å²) in [4.78, 5) is 9.94. The molecule has 0 N–H and O–H groups in total. The fourth-order valence-corrected chi connectivity index (χ4v) is 5.17. The molecule has 0 spiro atoms. The van der Waals surface area contributed by atoms with Crippen molar-refractivity contribution in [2.24, 2.45) is 9.98 Å². The summed E-state index contributed by atoms with van der Waals surface area (Å²) in [7, 11) is 0. The van der Waals surface area contributed by atoms with E-state index in [9.17, 15) is 0 Å². The van der Waals surface area contributed by atoms with Gasteiger partial charge in [0.15, 0.2) is 0 Å². The molecule has 0 amide bonds. The first kappa shape index (κ1) is 36.3. The normalized spacial score (nSPS) is 11.7. The Balaban J connectivity index is 0.00000800. The van der Waals surface area contributed by atoms with Crippen molar-refractivity contribution >= 4 is 23.3 Å². The molecule has 0 aromatic heterocycles. The van der Waals surface area contributed by atoms with Gasteiger partial charge in [0.1, 0.15) is 0 Å². The molecule has 0 unspecified atom stereocenters. The summed E-state index contributed by atoms with van der Waals surface area (Å²) in [6.45, 7) is 6.83. The maximum absolute atomic E-state index is 5.07. The van der Waals surface area contributed by atoms with Gasteiger partial charge in [0, 0.05) is 22.7 Å². The van der Waals surface area contributed by atoms with E-state index in [0.717, 1.165) is 42.8 Å². The monoisotopic (exact) mass is 588 g/mol. The predicted molar refractivity (Wildman–Crippen MR) is 176 cm³/mol. The van der Waals surface area contributed by atoms with Crippen LogP contribution in [-0.2, 0) is 29.3 Å². The molecular formula is C37H58N2Ni. The number of hydrogen-bond donors (Lipinski definition) is 0. The molecule has 0 aliphatic heterocycles. The molecule has 0 fully saturated rings. The third-order valence-electron chi connectivity index (χ3n) is 7.63. The van der Waals surface area contributed by atoms with Crippen molar-refractivity contribution in [3.63, 3.8) is 0 Å². The molecule has 2 aromatic carbocycles. The Morgan fingerprint density at radius 3 is 1.55 bits per heavy atom. The third kappa shape index (κ3) is 17.9. The number of unbranched alkanes of at least 4 members (excludes halogenated alkanes) is 14. The zero-order valence-corrected chi connectivity index (χ0v) is 27.0. The van der Waals surface area contributed by atoms with Gasteiger partial charge in [0.05, 0.1) is 17.1 Å². The molecule has 0 bridgehead atoms. The number of aliphatic imine (C=N–C) groups is 2. The molecule has 2 nitrogen and oxygen atoms in total. The van der Waals surface area contributed by atoms with Gasteiger partial charge in [0.25, 0.3) is 0 Å². The Morgan fingerprint density at radius 1 is 0.550 bits per heavy atom. The summed E-state index contributed by atoms with van der Waals surface area (Å²) in [6, 6.07) is 17.7. The fourth-order valence-electron chi connectivity index (χ4n) is 5.17. The van der Waals surface area contributed by atoms with Crippen molar-refractivity contribution < 1.29 is 16.5 Å². The average Bonchev–Trinajstić information content (AvgIpc) is 2.95. The van der Waals surface area contributed by atoms with Crippen molar-refractivity contribution in [2.45, 2.75) is 149 Å². The molecule has 0 radical (unpaired) electrons. The van der Waals surface area contributed by atoms with Gasteiger partial charge in [-0.3, -0.25) is 9.98 Å². The van der Waals surface area contributed by atoms with E-state index in [4.69, 9.17) is 9.98 Å². The topological polar surface area (TPSA) is 24.7 Å². The summed E-state index contributed by atoms with van der Waals surface area (Å²) >= 11 is 0. The van der Waals surface area contributed by atoms with Crippen molar-refractivity contribution in [3.05, 3.63) is 59.7 Å². The molecule has 0 aliphatic rings. The molecule has 0 atom stereocenters. The van der Waals surface area contributed by atoms with Crippen LogP contribution in [0.2, 0.25) is 0 Å².